The van der Waals surface area contributed by atoms with E-state index in [-0.39, 0.29) is 0 Å². The van der Waals surface area contributed by atoms with Gasteiger partial charge < -0.3 is 4.42 Å². The molecule has 0 radical (unpaired) electrons. The minimum absolute atomic E-state index is 0.503. The van der Waals surface area contributed by atoms with E-state index >= 15 is 0 Å². The Kier molecular flexibility index (Phi) is 4.03. The minimum atomic E-state index is 0.503. The summed E-state index contributed by atoms with van der Waals surface area (Å²) < 4.78 is 5.05. The summed E-state index contributed by atoms with van der Waals surface area (Å²) in [6, 6.07) is 18.5. The van der Waals surface area contributed by atoms with Gasteiger partial charge in [0.05, 0.1) is 0 Å². The van der Waals surface area contributed by atoms with Crippen molar-refractivity contribution in [2.45, 2.75) is 0 Å². The van der Waals surface area contributed by atoms with Crippen LogP contribution in [0.5, 0.6) is 0 Å². The molecule has 0 bridgehead atoms. The molecule has 3 heteroatoms. The van der Waals surface area contributed by atoms with Gasteiger partial charge in [0.2, 0.25) is 12.3 Å². The number of aromatic nitrogens is 2. The highest BCUT2D eigenvalue weighted by Gasteiger charge is 1.92. The Morgan fingerprint density at radius 2 is 1.24 bits per heavy atom. The van der Waals surface area contributed by atoms with E-state index in [4.69, 9.17) is 4.42 Å². The first kappa shape index (κ1) is 13.1. The molecule has 0 spiro atoms. The number of rotatable bonds is 4. The maximum absolute atomic E-state index is 5.05. The van der Waals surface area contributed by atoms with Gasteiger partial charge in [-0.3, -0.25) is 0 Å². The molecule has 0 amide bonds. The molecule has 3 aromatic rings. The zero-order valence-electron chi connectivity index (χ0n) is 11.4. The lowest BCUT2D eigenvalue weighted by Gasteiger charge is -1.96. The van der Waals surface area contributed by atoms with Crippen molar-refractivity contribution < 1.29 is 4.42 Å². The van der Waals surface area contributed by atoms with Gasteiger partial charge in [-0.1, -0.05) is 66.7 Å². The quantitative estimate of drug-likeness (QED) is 0.661. The highest BCUT2D eigenvalue weighted by Crippen LogP contribution is 2.11. The van der Waals surface area contributed by atoms with Crippen LogP contribution in [0.25, 0.3) is 24.3 Å². The van der Waals surface area contributed by atoms with Crippen LogP contribution in [0, 0.1) is 0 Å². The van der Waals surface area contributed by atoms with Gasteiger partial charge in [-0.05, 0) is 22.8 Å². The molecule has 3 nitrogen and oxygen atoms in total. The molecule has 0 aliphatic rings. The van der Waals surface area contributed by atoms with Crippen LogP contribution in [0.4, 0.5) is 0 Å². The van der Waals surface area contributed by atoms with E-state index in [0.29, 0.717) is 5.89 Å². The lowest BCUT2D eigenvalue weighted by atomic mass is 10.1. The molecule has 0 fully saturated rings. The Balaban J connectivity index is 1.68. The van der Waals surface area contributed by atoms with Crippen LogP contribution in [0.3, 0.4) is 0 Å². The van der Waals surface area contributed by atoms with Crippen molar-refractivity contribution in [3.63, 3.8) is 0 Å². The number of hydrogen-bond donors (Lipinski definition) is 0. The number of benzene rings is 2. The van der Waals surface area contributed by atoms with Gasteiger partial charge in [0.1, 0.15) is 0 Å². The van der Waals surface area contributed by atoms with Crippen molar-refractivity contribution in [1.82, 2.24) is 10.2 Å². The minimum Gasteiger partial charge on any atom is -0.424 e. The van der Waals surface area contributed by atoms with Crippen LogP contribution >= 0.6 is 0 Å². The van der Waals surface area contributed by atoms with Crippen LogP contribution < -0.4 is 0 Å². The molecule has 2 aromatic carbocycles. The summed E-state index contributed by atoms with van der Waals surface area (Å²) in [5.74, 6) is 0.503. The summed E-state index contributed by atoms with van der Waals surface area (Å²) in [6.45, 7) is 0. The van der Waals surface area contributed by atoms with E-state index in [2.05, 4.69) is 58.7 Å². The fourth-order valence-corrected chi connectivity index (χ4v) is 1.90. The highest BCUT2D eigenvalue weighted by molar-refractivity contribution is 5.71. The predicted molar refractivity (Wildman–Crippen MR) is 85.0 cm³/mol. The van der Waals surface area contributed by atoms with Gasteiger partial charge in [-0.25, -0.2) is 0 Å². The van der Waals surface area contributed by atoms with Crippen LogP contribution in [0.15, 0.2) is 65.4 Å². The predicted octanol–water partition coefficient (Wildman–Crippen LogP) is 4.41. The Morgan fingerprint density at radius 1 is 0.667 bits per heavy atom. The van der Waals surface area contributed by atoms with Crippen molar-refractivity contribution >= 4 is 24.3 Å². The normalized spacial score (nSPS) is 11.4. The maximum Gasteiger partial charge on any atom is 0.240 e. The molecule has 0 aliphatic carbocycles. The first-order chi connectivity index (χ1) is 10.4. The molecule has 0 aliphatic heterocycles. The largest absolute Gasteiger partial charge is 0.424 e. The third kappa shape index (κ3) is 3.76. The van der Waals surface area contributed by atoms with Crippen LogP contribution in [-0.2, 0) is 0 Å². The summed E-state index contributed by atoms with van der Waals surface area (Å²) in [5, 5.41) is 7.42. The van der Waals surface area contributed by atoms with Crippen molar-refractivity contribution in [3.05, 3.63) is 83.6 Å². The molecular formula is C18H14N2O. The fourth-order valence-electron chi connectivity index (χ4n) is 1.90. The molecule has 0 N–H and O–H groups in total. The molecule has 0 atom stereocenters. The average molecular weight is 274 g/mol. The number of hydrogen-bond acceptors (Lipinski definition) is 3. The van der Waals surface area contributed by atoms with E-state index in [9.17, 15) is 0 Å². The average Bonchev–Trinajstić information content (AvgIpc) is 3.06. The van der Waals surface area contributed by atoms with Crippen molar-refractivity contribution in [3.8, 4) is 0 Å². The SMILES string of the molecule is C(=Cc1ccc(C=Cc2nnco2)cc1)c1ccccc1. The van der Waals surface area contributed by atoms with Gasteiger partial charge >= 0.3 is 0 Å². The Bertz CT molecular complexity index is 727. The third-order valence-electron chi connectivity index (χ3n) is 3.00. The first-order valence-electron chi connectivity index (χ1n) is 6.68. The zero-order valence-corrected chi connectivity index (χ0v) is 11.4. The molecule has 0 saturated carbocycles. The summed E-state index contributed by atoms with van der Waals surface area (Å²) in [4.78, 5) is 0. The topological polar surface area (TPSA) is 38.9 Å². The molecule has 3 rings (SSSR count). The van der Waals surface area contributed by atoms with Gasteiger partial charge in [0.25, 0.3) is 0 Å². The van der Waals surface area contributed by atoms with Gasteiger partial charge in [-0.2, -0.15) is 0 Å². The summed E-state index contributed by atoms with van der Waals surface area (Å²) in [6.07, 6.45) is 9.25. The third-order valence-corrected chi connectivity index (χ3v) is 3.00. The lowest BCUT2D eigenvalue weighted by molar-refractivity contribution is 0.543. The second-order valence-corrected chi connectivity index (χ2v) is 4.52. The summed E-state index contributed by atoms with van der Waals surface area (Å²) >= 11 is 0. The molecule has 1 aromatic heterocycles. The maximum atomic E-state index is 5.05. The second-order valence-electron chi connectivity index (χ2n) is 4.52. The monoisotopic (exact) mass is 274 g/mol. The van der Waals surface area contributed by atoms with Crippen molar-refractivity contribution in [1.29, 1.82) is 0 Å². The first-order valence-corrected chi connectivity index (χ1v) is 6.68. The smallest absolute Gasteiger partial charge is 0.240 e. The standard InChI is InChI=1S/C18H14N2O/c1-2-4-15(5-3-1)6-7-16-8-10-17(11-9-16)12-13-18-20-19-14-21-18/h1-14H. The van der Waals surface area contributed by atoms with Crippen LogP contribution in [-0.4, -0.2) is 10.2 Å². The highest BCUT2D eigenvalue weighted by atomic mass is 16.4. The van der Waals surface area contributed by atoms with Crippen molar-refractivity contribution in [2.75, 3.05) is 0 Å². The lowest BCUT2D eigenvalue weighted by Crippen LogP contribution is -1.76. The Hall–Kier alpha value is -2.94. The van der Waals surface area contributed by atoms with Crippen LogP contribution in [0.2, 0.25) is 0 Å². The van der Waals surface area contributed by atoms with Crippen molar-refractivity contribution in [2.24, 2.45) is 0 Å². The molecule has 1 heterocycles. The number of nitrogens with zero attached hydrogens (tertiary/aromatic N) is 2. The molecule has 0 unspecified atom stereocenters. The summed E-state index contributed by atoms with van der Waals surface area (Å²) in [7, 11) is 0. The molecular weight excluding hydrogens is 260 g/mol. The second kappa shape index (κ2) is 6.48. The molecule has 102 valence electrons. The van der Waals surface area contributed by atoms with E-state index in [0.717, 1.165) is 11.1 Å². The molecule has 21 heavy (non-hydrogen) atoms. The Labute approximate surface area is 123 Å². The van der Waals surface area contributed by atoms with Gasteiger partial charge in [-0.15, -0.1) is 10.2 Å². The van der Waals surface area contributed by atoms with Gasteiger partial charge in [0.15, 0.2) is 0 Å². The van der Waals surface area contributed by atoms with E-state index in [1.807, 2.05) is 24.3 Å². The Morgan fingerprint density at radius 3 is 1.81 bits per heavy atom. The fraction of sp³-hybridized carbons (Fsp3) is 0. The van der Waals surface area contributed by atoms with Gasteiger partial charge in [0, 0.05) is 6.08 Å². The zero-order chi connectivity index (χ0) is 14.3. The summed E-state index contributed by atoms with van der Waals surface area (Å²) in [5.41, 5.74) is 3.44. The molecule has 0 saturated heterocycles. The van der Waals surface area contributed by atoms with Crippen LogP contribution in [0.1, 0.15) is 22.6 Å². The van der Waals surface area contributed by atoms with E-state index in [1.165, 1.54) is 12.0 Å². The van der Waals surface area contributed by atoms with E-state index < -0.39 is 0 Å². The van der Waals surface area contributed by atoms with E-state index in [1.54, 1.807) is 6.08 Å².